The Bertz CT molecular complexity index is 1040. The van der Waals surface area contributed by atoms with Crippen LogP contribution in [0.4, 0.5) is 0 Å². The lowest BCUT2D eigenvalue weighted by Gasteiger charge is -2.19. The van der Waals surface area contributed by atoms with Gasteiger partial charge in [0.15, 0.2) is 0 Å². The van der Waals surface area contributed by atoms with Gasteiger partial charge in [-0.3, -0.25) is 9.98 Å². The number of nitrogens with zero attached hydrogens (tertiary/aromatic N) is 2. The minimum Gasteiger partial charge on any atom is -0.507 e. The van der Waals surface area contributed by atoms with Crippen molar-refractivity contribution in [2.75, 3.05) is 0 Å². The van der Waals surface area contributed by atoms with Crippen molar-refractivity contribution >= 4 is 12.4 Å². The quantitative estimate of drug-likeness (QED) is 0.359. The summed E-state index contributed by atoms with van der Waals surface area (Å²) in [5.74, 6) is 0.711. The lowest BCUT2D eigenvalue weighted by molar-refractivity contribution is 0.410. The topological polar surface area (TPSA) is 65.2 Å². The van der Waals surface area contributed by atoms with Crippen molar-refractivity contribution in [1.82, 2.24) is 0 Å². The van der Waals surface area contributed by atoms with Crippen molar-refractivity contribution in [3.8, 4) is 11.5 Å². The second kappa shape index (κ2) is 11.8. The number of aromatic hydroxyl groups is 2. The van der Waals surface area contributed by atoms with Crippen molar-refractivity contribution in [3.63, 3.8) is 0 Å². The number of aryl methyl sites for hydroxylation is 2. The Morgan fingerprint density at radius 1 is 0.703 bits per heavy atom. The number of aliphatic imine (C=N–C) groups is 2. The van der Waals surface area contributed by atoms with Crippen LogP contribution in [0.15, 0.2) is 34.3 Å². The normalized spacial score (nSPS) is 18.9. The summed E-state index contributed by atoms with van der Waals surface area (Å²) in [5.41, 5.74) is 6.47. The van der Waals surface area contributed by atoms with Gasteiger partial charge in [-0.05, 0) is 90.2 Å². The van der Waals surface area contributed by atoms with Gasteiger partial charge in [-0.1, -0.05) is 67.5 Å². The third-order valence-corrected chi connectivity index (χ3v) is 7.01. The molecule has 0 bridgehead atoms. The van der Waals surface area contributed by atoms with E-state index < -0.39 is 0 Å². The summed E-state index contributed by atoms with van der Waals surface area (Å²) in [5, 5.41) is 21.5. The molecule has 0 amide bonds. The molecule has 1 aliphatic carbocycles. The molecule has 202 valence electrons. The maximum Gasteiger partial charge on any atom is 0.127 e. The molecule has 2 aromatic rings. The number of phenols is 2. The van der Waals surface area contributed by atoms with Crippen molar-refractivity contribution in [1.29, 1.82) is 0 Å². The third kappa shape index (κ3) is 8.45. The molecular weight excluding hydrogens is 456 g/mol. The monoisotopic (exact) mass is 504 g/mol. The van der Waals surface area contributed by atoms with Crippen LogP contribution in [-0.4, -0.2) is 34.7 Å². The number of hydrogen-bond acceptors (Lipinski definition) is 4. The Hall–Kier alpha value is -2.62. The van der Waals surface area contributed by atoms with Crippen LogP contribution in [0.5, 0.6) is 11.5 Å². The standard InChI is InChI=1S/C33H48N2O2/c1-9-24-13-22(18-32(3,4)5)15-26(30(24)36)20-34-28-11-12-29(17-28)35-21-27-16-23(19-33(6,7)8)14-25(10-2)31(27)37/h13-16,20-21,28-29,36-37H,9-12,17-19H2,1-8H3. The Morgan fingerprint density at radius 3 is 1.41 bits per heavy atom. The van der Waals surface area contributed by atoms with Gasteiger partial charge in [-0.25, -0.2) is 0 Å². The molecule has 37 heavy (non-hydrogen) atoms. The molecule has 0 radical (unpaired) electrons. The van der Waals surface area contributed by atoms with Crippen LogP contribution in [0.3, 0.4) is 0 Å². The van der Waals surface area contributed by atoms with E-state index in [1.54, 1.807) is 0 Å². The van der Waals surface area contributed by atoms with Gasteiger partial charge in [0.1, 0.15) is 11.5 Å². The highest BCUT2D eigenvalue weighted by Crippen LogP contribution is 2.31. The summed E-state index contributed by atoms with van der Waals surface area (Å²) < 4.78 is 0. The number of rotatable bonds is 8. The predicted molar refractivity (Wildman–Crippen MR) is 158 cm³/mol. The van der Waals surface area contributed by atoms with Crippen LogP contribution in [0, 0.1) is 10.8 Å². The van der Waals surface area contributed by atoms with Crippen LogP contribution in [-0.2, 0) is 25.7 Å². The largest absolute Gasteiger partial charge is 0.507 e. The van der Waals surface area contributed by atoms with E-state index in [2.05, 4.69) is 79.7 Å². The van der Waals surface area contributed by atoms with E-state index in [1.807, 2.05) is 12.4 Å². The van der Waals surface area contributed by atoms with E-state index in [0.29, 0.717) is 11.5 Å². The lowest BCUT2D eigenvalue weighted by atomic mass is 9.86. The summed E-state index contributed by atoms with van der Waals surface area (Å²) >= 11 is 0. The molecule has 4 nitrogen and oxygen atoms in total. The molecule has 0 aliphatic heterocycles. The number of hydrogen-bond donors (Lipinski definition) is 2. The molecule has 1 saturated carbocycles. The molecule has 0 saturated heterocycles. The van der Waals surface area contributed by atoms with E-state index >= 15 is 0 Å². The van der Waals surface area contributed by atoms with Gasteiger partial charge < -0.3 is 10.2 Å². The zero-order chi connectivity index (χ0) is 27.4. The summed E-state index contributed by atoms with van der Waals surface area (Å²) in [4.78, 5) is 9.73. The lowest BCUT2D eigenvalue weighted by Crippen LogP contribution is -2.10. The molecule has 0 heterocycles. The van der Waals surface area contributed by atoms with E-state index in [1.165, 1.54) is 11.1 Å². The molecule has 1 fully saturated rings. The fourth-order valence-corrected chi connectivity index (χ4v) is 5.32. The molecular formula is C33H48N2O2. The Kier molecular flexibility index (Phi) is 9.26. The SMILES string of the molecule is CCc1cc(CC(C)(C)C)cc(C=NC2CCC(N=Cc3cc(CC(C)(C)C)cc(CC)c3O)C2)c1O. The van der Waals surface area contributed by atoms with Crippen molar-refractivity contribution in [2.24, 2.45) is 20.8 Å². The van der Waals surface area contributed by atoms with Crippen molar-refractivity contribution in [2.45, 2.75) is 112 Å². The Labute approximate surface area is 225 Å². The van der Waals surface area contributed by atoms with Crippen LogP contribution in [0.25, 0.3) is 0 Å². The van der Waals surface area contributed by atoms with Crippen molar-refractivity contribution < 1.29 is 10.2 Å². The highest BCUT2D eigenvalue weighted by Gasteiger charge is 2.24. The van der Waals surface area contributed by atoms with Crippen LogP contribution in [0.2, 0.25) is 0 Å². The molecule has 0 aromatic heterocycles. The summed E-state index contributed by atoms with van der Waals surface area (Å²) in [6.07, 6.45) is 10.1. The van der Waals surface area contributed by atoms with E-state index in [0.717, 1.165) is 67.2 Å². The zero-order valence-corrected chi connectivity index (χ0v) is 24.4. The third-order valence-electron chi connectivity index (χ3n) is 7.01. The first-order valence-electron chi connectivity index (χ1n) is 14.0. The van der Waals surface area contributed by atoms with Gasteiger partial charge >= 0.3 is 0 Å². The Morgan fingerprint density at radius 2 is 1.08 bits per heavy atom. The van der Waals surface area contributed by atoms with E-state index in [-0.39, 0.29) is 22.9 Å². The van der Waals surface area contributed by atoms with Gasteiger partial charge in [-0.2, -0.15) is 0 Å². The first-order valence-corrected chi connectivity index (χ1v) is 14.0. The summed E-state index contributed by atoms with van der Waals surface area (Å²) in [6.45, 7) is 17.6. The first kappa shape index (κ1) is 28.9. The molecule has 3 rings (SSSR count). The summed E-state index contributed by atoms with van der Waals surface area (Å²) in [6, 6.07) is 8.84. The zero-order valence-electron chi connectivity index (χ0n) is 24.4. The Balaban J connectivity index is 1.73. The highest BCUT2D eigenvalue weighted by molar-refractivity contribution is 5.85. The maximum atomic E-state index is 10.8. The summed E-state index contributed by atoms with van der Waals surface area (Å²) in [7, 11) is 0. The highest BCUT2D eigenvalue weighted by atomic mass is 16.3. The van der Waals surface area contributed by atoms with Crippen LogP contribution in [0.1, 0.15) is 108 Å². The molecule has 2 atom stereocenters. The minimum absolute atomic E-state index is 0.186. The smallest absolute Gasteiger partial charge is 0.127 e. The minimum atomic E-state index is 0.186. The molecule has 2 N–H and O–H groups in total. The first-order chi connectivity index (χ1) is 17.3. The molecule has 1 aliphatic rings. The number of phenolic OH excluding ortho intramolecular Hbond substituents is 2. The molecule has 2 aromatic carbocycles. The van der Waals surface area contributed by atoms with Gasteiger partial charge in [-0.15, -0.1) is 0 Å². The molecule has 2 unspecified atom stereocenters. The van der Waals surface area contributed by atoms with Crippen LogP contribution >= 0.6 is 0 Å². The molecule has 0 spiro atoms. The van der Waals surface area contributed by atoms with E-state index in [9.17, 15) is 10.2 Å². The second-order valence-electron chi connectivity index (χ2n) is 13.2. The fraction of sp³-hybridized carbons (Fsp3) is 0.576. The van der Waals surface area contributed by atoms with Gasteiger partial charge in [0.05, 0.1) is 12.1 Å². The average molecular weight is 505 g/mol. The van der Waals surface area contributed by atoms with Gasteiger partial charge in [0.25, 0.3) is 0 Å². The van der Waals surface area contributed by atoms with Gasteiger partial charge in [0.2, 0.25) is 0 Å². The van der Waals surface area contributed by atoms with Gasteiger partial charge in [0, 0.05) is 23.6 Å². The number of benzene rings is 2. The predicted octanol–water partition coefficient (Wildman–Crippen LogP) is 7.86. The average Bonchev–Trinajstić information content (AvgIpc) is 3.25. The maximum absolute atomic E-state index is 10.8. The van der Waals surface area contributed by atoms with Crippen molar-refractivity contribution in [3.05, 3.63) is 57.6 Å². The fourth-order valence-electron chi connectivity index (χ4n) is 5.32. The van der Waals surface area contributed by atoms with Crippen LogP contribution < -0.4 is 0 Å². The molecule has 4 heteroatoms. The second-order valence-corrected chi connectivity index (χ2v) is 13.2. The van der Waals surface area contributed by atoms with E-state index in [4.69, 9.17) is 9.98 Å².